The number of nitrogens with zero attached hydrogens (tertiary/aromatic N) is 1. The van der Waals surface area contributed by atoms with Gasteiger partial charge in [0.25, 0.3) is 5.92 Å². The number of halogens is 2. The van der Waals surface area contributed by atoms with Crippen LogP contribution in [0.1, 0.15) is 53.0 Å². The number of unbranched alkanes of at least 4 members (excludes halogenated alkanes) is 1. The van der Waals surface area contributed by atoms with E-state index in [1.807, 2.05) is 6.92 Å². The van der Waals surface area contributed by atoms with E-state index in [1.165, 1.54) is 44.1 Å². The Morgan fingerprint density at radius 2 is 1.83 bits per heavy atom. The zero-order valence-corrected chi connectivity index (χ0v) is 18.9. The molecule has 6 nitrogen and oxygen atoms in total. The smallest absolute Gasteiger partial charge is 0.330 e. The maximum Gasteiger partial charge on any atom is 0.330 e. The number of hydrogen-bond acceptors (Lipinski definition) is 5. The number of carbonyl (C=O) groups excluding carboxylic acids is 2. The lowest BCUT2D eigenvalue weighted by Crippen LogP contribution is -2.56. The van der Waals surface area contributed by atoms with E-state index in [4.69, 9.17) is 9.47 Å². The van der Waals surface area contributed by atoms with Gasteiger partial charge in [0.2, 0.25) is 5.91 Å². The average Bonchev–Trinajstić information content (AvgIpc) is 2.64. The van der Waals surface area contributed by atoms with Crippen molar-refractivity contribution >= 4 is 11.9 Å². The number of likely N-dealkylation sites (N-methyl/N-ethyl adjacent to an activating group) is 1. The topological polar surface area (TPSA) is 67.9 Å². The van der Waals surface area contributed by atoms with Gasteiger partial charge in [0, 0.05) is 19.7 Å². The van der Waals surface area contributed by atoms with E-state index in [9.17, 15) is 9.59 Å². The number of alkyl halides is 2. The fourth-order valence-corrected chi connectivity index (χ4v) is 2.68. The summed E-state index contributed by atoms with van der Waals surface area (Å²) >= 11 is 0. The van der Waals surface area contributed by atoms with Crippen LogP contribution in [0.4, 0.5) is 8.78 Å². The monoisotopic (exact) mass is 428 g/mol. The van der Waals surface area contributed by atoms with Crippen molar-refractivity contribution in [2.24, 2.45) is 0 Å². The van der Waals surface area contributed by atoms with E-state index >= 15 is 8.78 Å². The number of benzene rings is 1. The minimum atomic E-state index is -3.65. The Morgan fingerprint density at radius 1 is 1.20 bits per heavy atom. The van der Waals surface area contributed by atoms with Gasteiger partial charge in [-0.1, -0.05) is 25.5 Å². The molecular formula is C22H34F2N2O4. The van der Waals surface area contributed by atoms with E-state index < -0.39 is 41.0 Å². The second kappa shape index (κ2) is 10.7. The SMILES string of the molecule is CCCCOc1cccc(C(F)(F)C(NC(C)C(=O)N(C)C)C(=O)OC(C)(C)C)c1. The number of hydrogen-bond donors (Lipinski definition) is 1. The van der Waals surface area contributed by atoms with Crippen molar-refractivity contribution in [1.82, 2.24) is 10.2 Å². The fraction of sp³-hybridized carbons (Fsp3) is 0.636. The first kappa shape index (κ1) is 25.8. The quantitative estimate of drug-likeness (QED) is 0.454. The van der Waals surface area contributed by atoms with Crippen LogP contribution in [0.5, 0.6) is 5.75 Å². The van der Waals surface area contributed by atoms with Gasteiger partial charge >= 0.3 is 5.97 Å². The minimum Gasteiger partial charge on any atom is -0.494 e. The molecule has 0 fully saturated rings. The van der Waals surface area contributed by atoms with Crippen LogP contribution in [0.3, 0.4) is 0 Å². The number of rotatable bonds is 10. The highest BCUT2D eigenvalue weighted by Gasteiger charge is 2.49. The van der Waals surface area contributed by atoms with Gasteiger partial charge in [0.15, 0.2) is 6.04 Å². The Morgan fingerprint density at radius 3 is 2.37 bits per heavy atom. The van der Waals surface area contributed by atoms with Gasteiger partial charge in [-0.05, 0) is 46.2 Å². The Bertz CT molecular complexity index is 717. The summed E-state index contributed by atoms with van der Waals surface area (Å²) in [5.41, 5.74) is -1.36. The van der Waals surface area contributed by atoms with E-state index in [-0.39, 0.29) is 0 Å². The van der Waals surface area contributed by atoms with Gasteiger partial charge in [0.1, 0.15) is 11.4 Å². The highest BCUT2D eigenvalue weighted by molar-refractivity contribution is 5.83. The third kappa shape index (κ3) is 7.55. The largest absolute Gasteiger partial charge is 0.494 e. The Hall–Kier alpha value is -2.22. The second-order valence-electron chi connectivity index (χ2n) is 8.44. The van der Waals surface area contributed by atoms with Crippen LogP contribution in [0, 0.1) is 0 Å². The Labute approximate surface area is 177 Å². The van der Waals surface area contributed by atoms with Crippen LogP contribution in [0.2, 0.25) is 0 Å². The molecule has 0 spiro atoms. The van der Waals surface area contributed by atoms with Crippen LogP contribution in [0.15, 0.2) is 24.3 Å². The molecule has 1 aromatic carbocycles. The normalized spacial score (nSPS) is 14.0. The molecule has 1 amide bonds. The van der Waals surface area contributed by atoms with Gasteiger partial charge in [-0.2, -0.15) is 8.78 Å². The van der Waals surface area contributed by atoms with Crippen LogP contribution in [0.25, 0.3) is 0 Å². The molecule has 170 valence electrons. The molecule has 1 aromatic rings. The molecule has 2 atom stereocenters. The van der Waals surface area contributed by atoms with Crippen molar-refractivity contribution in [3.05, 3.63) is 29.8 Å². The predicted molar refractivity (Wildman–Crippen MR) is 112 cm³/mol. The average molecular weight is 429 g/mol. The van der Waals surface area contributed by atoms with E-state index in [2.05, 4.69) is 5.32 Å². The lowest BCUT2D eigenvalue weighted by Gasteiger charge is -2.32. The second-order valence-corrected chi connectivity index (χ2v) is 8.44. The highest BCUT2D eigenvalue weighted by atomic mass is 19.3. The first-order chi connectivity index (χ1) is 13.8. The van der Waals surface area contributed by atoms with Crippen molar-refractivity contribution in [3.8, 4) is 5.75 Å². The molecule has 0 saturated carbocycles. The molecule has 1 N–H and O–H groups in total. The van der Waals surface area contributed by atoms with Crippen molar-refractivity contribution in [1.29, 1.82) is 0 Å². The van der Waals surface area contributed by atoms with Crippen LogP contribution >= 0.6 is 0 Å². The highest BCUT2D eigenvalue weighted by Crippen LogP contribution is 2.35. The van der Waals surface area contributed by atoms with Crippen LogP contribution < -0.4 is 10.1 Å². The molecule has 0 aromatic heterocycles. The molecule has 2 unspecified atom stereocenters. The number of carbonyl (C=O) groups is 2. The first-order valence-corrected chi connectivity index (χ1v) is 10.1. The molecule has 30 heavy (non-hydrogen) atoms. The lowest BCUT2D eigenvalue weighted by molar-refractivity contribution is -0.170. The third-order valence-electron chi connectivity index (χ3n) is 4.22. The number of nitrogens with one attached hydrogen (secondary N) is 1. The van der Waals surface area contributed by atoms with E-state index in [1.54, 1.807) is 26.8 Å². The summed E-state index contributed by atoms with van der Waals surface area (Å²) in [6.07, 6.45) is 1.71. The van der Waals surface area contributed by atoms with Gasteiger partial charge in [-0.25, -0.2) is 0 Å². The molecule has 1 rings (SSSR count). The molecule has 0 bridgehead atoms. The van der Waals surface area contributed by atoms with Crippen molar-refractivity contribution < 1.29 is 27.8 Å². The summed E-state index contributed by atoms with van der Waals surface area (Å²) in [6, 6.07) is 2.40. The summed E-state index contributed by atoms with van der Waals surface area (Å²) in [6.45, 7) is 8.62. The Balaban J connectivity index is 3.24. The lowest BCUT2D eigenvalue weighted by atomic mass is 9.99. The molecule has 0 aliphatic carbocycles. The van der Waals surface area contributed by atoms with Crippen LogP contribution in [-0.2, 0) is 20.2 Å². The molecule has 8 heteroatoms. The van der Waals surface area contributed by atoms with E-state index in [0.717, 1.165) is 12.8 Å². The molecule has 0 saturated heterocycles. The maximum absolute atomic E-state index is 15.5. The molecule has 0 radical (unpaired) electrons. The van der Waals surface area contributed by atoms with Crippen LogP contribution in [-0.4, -0.2) is 55.2 Å². The summed E-state index contributed by atoms with van der Waals surface area (Å²) in [7, 11) is 3.02. The third-order valence-corrected chi connectivity index (χ3v) is 4.22. The van der Waals surface area contributed by atoms with Gasteiger partial charge in [0.05, 0.1) is 12.6 Å². The van der Waals surface area contributed by atoms with Crippen molar-refractivity contribution in [2.75, 3.05) is 20.7 Å². The zero-order valence-electron chi connectivity index (χ0n) is 18.9. The van der Waals surface area contributed by atoms with Crippen molar-refractivity contribution in [3.63, 3.8) is 0 Å². The summed E-state index contributed by atoms with van der Waals surface area (Å²) in [5.74, 6) is -4.92. The van der Waals surface area contributed by atoms with E-state index in [0.29, 0.717) is 12.4 Å². The maximum atomic E-state index is 15.5. The summed E-state index contributed by atoms with van der Waals surface area (Å²) in [5, 5.41) is 2.47. The Kier molecular flexibility index (Phi) is 9.21. The predicted octanol–water partition coefficient (Wildman–Crippen LogP) is 3.73. The van der Waals surface area contributed by atoms with Gasteiger partial charge in [-0.3, -0.25) is 14.9 Å². The van der Waals surface area contributed by atoms with Gasteiger partial charge < -0.3 is 14.4 Å². The molecular weight excluding hydrogens is 394 g/mol. The van der Waals surface area contributed by atoms with Crippen molar-refractivity contribution in [2.45, 2.75) is 71.1 Å². The molecule has 0 aliphatic heterocycles. The first-order valence-electron chi connectivity index (χ1n) is 10.1. The number of esters is 1. The zero-order chi connectivity index (χ0) is 23.1. The number of ether oxygens (including phenoxy) is 2. The van der Waals surface area contributed by atoms with Gasteiger partial charge in [-0.15, -0.1) is 0 Å². The minimum absolute atomic E-state index is 0.293. The summed E-state index contributed by atoms with van der Waals surface area (Å²) in [4.78, 5) is 26.1. The molecule has 0 heterocycles. The fourth-order valence-electron chi connectivity index (χ4n) is 2.68. The standard InChI is InChI=1S/C22H34F2N2O4/c1-8-9-13-29-17-12-10-11-16(14-17)22(23,24)18(20(28)30-21(3,4)5)25-15(2)19(27)26(6)7/h10-12,14-15,18,25H,8-9,13H2,1-7H3. The number of amides is 1. The molecule has 0 aliphatic rings. The summed E-state index contributed by atoms with van der Waals surface area (Å²) < 4.78 is 41.7.